The fraction of sp³-hybridized carbons (Fsp3) is 0.958. The van der Waals surface area contributed by atoms with Crippen molar-refractivity contribution in [2.75, 3.05) is 0 Å². The Hall–Kier alpha value is -0.530. The Morgan fingerprint density at radius 1 is 0.577 bits per heavy atom. The largest absolute Gasteiger partial charge is 0.481 e. The third-order valence-electron chi connectivity index (χ3n) is 3.58. The Morgan fingerprint density at radius 2 is 0.731 bits per heavy atom. The molecule has 2 nitrogen and oxygen atoms in total. The first-order valence-electron chi connectivity index (χ1n) is 7.86. The van der Waals surface area contributed by atoms with E-state index in [9.17, 15) is 4.79 Å². The lowest BCUT2D eigenvalue weighted by Gasteiger charge is -2.14. The van der Waals surface area contributed by atoms with E-state index >= 15 is 0 Å². The van der Waals surface area contributed by atoms with E-state index in [1.54, 1.807) is 13.8 Å². The van der Waals surface area contributed by atoms with Gasteiger partial charge in [-0.1, -0.05) is 120 Å². The summed E-state index contributed by atoms with van der Waals surface area (Å²) in [5, 5.41) is 8.44. The number of carboxylic acid groups (broad SMARTS) is 1. The fourth-order valence-electron chi connectivity index (χ4n) is 0.151. The molecule has 0 fully saturated rings. The summed E-state index contributed by atoms with van der Waals surface area (Å²) >= 11 is 0. The number of carboxylic acids is 1. The highest BCUT2D eigenvalue weighted by atomic mass is 16.4. The van der Waals surface area contributed by atoms with Gasteiger partial charge in [0.2, 0.25) is 0 Å². The molecule has 0 aliphatic carbocycles. The van der Waals surface area contributed by atoms with Crippen LogP contribution in [0.1, 0.15) is 140 Å². The second-order valence-electron chi connectivity index (χ2n) is 8.37. The minimum absolute atomic E-state index is 0. The summed E-state index contributed by atoms with van der Waals surface area (Å²) in [7, 11) is 0. The van der Waals surface area contributed by atoms with Gasteiger partial charge in [0, 0.05) is 0 Å². The molecule has 172 valence electrons. The van der Waals surface area contributed by atoms with Crippen LogP contribution in [0.2, 0.25) is 0 Å². The molecule has 0 saturated carbocycles. The molecule has 0 atom stereocenters. The predicted octanol–water partition coefficient (Wildman–Crippen LogP) is 10.2. The molecule has 0 bridgehead atoms. The van der Waals surface area contributed by atoms with Gasteiger partial charge in [-0.15, -0.1) is 0 Å². The number of aliphatic carboxylic acids is 1. The fourth-order valence-corrected chi connectivity index (χ4v) is 0.151. The molecule has 0 saturated heterocycles. The van der Waals surface area contributed by atoms with Crippen LogP contribution in [0.25, 0.3) is 0 Å². The molecule has 26 heavy (non-hydrogen) atoms. The van der Waals surface area contributed by atoms with E-state index in [1.807, 2.05) is 6.92 Å². The van der Waals surface area contributed by atoms with Crippen molar-refractivity contribution < 1.29 is 9.90 Å². The Kier molecular flexibility index (Phi) is 52.9. The summed E-state index contributed by atoms with van der Waals surface area (Å²) in [4.78, 5) is 10.3. The lowest BCUT2D eigenvalue weighted by Crippen LogP contribution is -2.21. The van der Waals surface area contributed by atoms with Crippen molar-refractivity contribution in [3.8, 4) is 0 Å². The molecule has 0 radical (unpaired) electrons. The summed E-state index contributed by atoms with van der Waals surface area (Å²) in [5.41, 5.74) is 0.542. The van der Waals surface area contributed by atoms with Crippen LogP contribution in [0, 0.1) is 16.2 Å². The van der Waals surface area contributed by atoms with Gasteiger partial charge in [-0.25, -0.2) is 0 Å². The first-order chi connectivity index (χ1) is 8.63. The van der Waals surface area contributed by atoms with Crippen molar-refractivity contribution in [1.82, 2.24) is 0 Å². The maximum absolute atomic E-state index is 10.3. The van der Waals surface area contributed by atoms with Gasteiger partial charge >= 0.3 is 5.97 Å². The Bertz CT molecular complexity index is 226. The summed E-state index contributed by atoms with van der Waals surface area (Å²) in [6, 6.07) is 0. The second-order valence-corrected chi connectivity index (χ2v) is 8.37. The molecule has 0 aromatic carbocycles. The van der Waals surface area contributed by atoms with Crippen molar-refractivity contribution in [1.29, 1.82) is 0 Å². The number of rotatable bonds is 2. The summed E-state index contributed by atoms with van der Waals surface area (Å²) in [6.45, 7) is 23.2. The van der Waals surface area contributed by atoms with Crippen molar-refractivity contribution in [2.24, 2.45) is 16.2 Å². The minimum Gasteiger partial charge on any atom is -0.481 e. The average molecular weight is 385 g/mol. The summed E-state index contributed by atoms with van der Waals surface area (Å²) in [6.07, 6.45) is 3.22. The Morgan fingerprint density at radius 3 is 0.731 bits per heavy atom. The van der Waals surface area contributed by atoms with E-state index in [1.165, 1.54) is 12.8 Å². The van der Waals surface area contributed by atoms with Crippen molar-refractivity contribution in [3.63, 3.8) is 0 Å². The maximum atomic E-state index is 10.3. The molecule has 0 spiro atoms. The molecule has 0 rings (SSSR count). The highest BCUT2D eigenvalue weighted by molar-refractivity contribution is 5.73. The molecular weight excluding hydrogens is 320 g/mol. The summed E-state index contributed by atoms with van der Waals surface area (Å²) < 4.78 is 0. The van der Waals surface area contributed by atoms with Crippen molar-refractivity contribution in [3.05, 3.63) is 0 Å². The predicted molar refractivity (Wildman–Crippen MR) is 132 cm³/mol. The Labute approximate surface area is 172 Å². The highest BCUT2D eigenvalue weighted by Crippen LogP contribution is 2.18. The van der Waals surface area contributed by atoms with Gasteiger partial charge in [0.1, 0.15) is 0 Å². The van der Waals surface area contributed by atoms with E-state index in [4.69, 9.17) is 5.11 Å². The molecule has 0 unspecified atom stereocenters. The standard InChI is InChI=1S/C6H12O2.2C6H14.6CH4/c1-4-6(2,3)5(7)8;2*1-5-6(2,3)4;;;;;;/h4H2,1-3H3,(H,7,8);2*5H2,1-4H3;6*1H4. The molecule has 0 heterocycles. The van der Waals surface area contributed by atoms with Gasteiger partial charge < -0.3 is 5.11 Å². The molecule has 0 aromatic heterocycles. The zero-order valence-corrected chi connectivity index (χ0v) is 16.0. The maximum Gasteiger partial charge on any atom is 0.309 e. The minimum atomic E-state index is -0.722. The lowest BCUT2D eigenvalue weighted by atomic mass is 9.91. The van der Waals surface area contributed by atoms with Gasteiger partial charge in [-0.3, -0.25) is 4.79 Å². The van der Waals surface area contributed by atoms with Gasteiger partial charge in [0.25, 0.3) is 0 Å². The normalized spacial score (nSPS) is 9.04. The number of hydrogen-bond donors (Lipinski definition) is 1. The smallest absolute Gasteiger partial charge is 0.309 e. The average Bonchev–Trinajstić information content (AvgIpc) is 2.28. The molecule has 2 heteroatoms. The first kappa shape index (κ1) is 56.2. The number of hydrogen-bond acceptors (Lipinski definition) is 1. The van der Waals surface area contributed by atoms with Crippen molar-refractivity contribution in [2.45, 2.75) is 140 Å². The van der Waals surface area contributed by atoms with Crippen LogP contribution < -0.4 is 0 Å². The molecule has 0 aromatic rings. The van der Waals surface area contributed by atoms with E-state index < -0.39 is 11.4 Å². The van der Waals surface area contributed by atoms with Gasteiger partial charge in [0.05, 0.1) is 5.41 Å². The monoisotopic (exact) mass is 384 g/mol. The van der Waals surface area contributed by atoms with Crippen molar-refractivity contribution >= 4 is 5.97 Å². The van der Waals surface area contributed by atoms with E-state index in [-0.39, 0.29) is 44.6 Å². The molecule has 1 N–H and O–H groups in total. The zero-order valence-electron chi connectivity index (χ0n) is 16.0. The van der Waals surface area contributed by atoms with Gasteiger partial charge in [-0.2, -0.15) is 0 Å². The van der Waals surface area contributed by atoms with Crippen LogP contribution in [0.5, 0.6) is 0 Å². The van der Waals surface area contributed by atoms with E-state index in [0.717, 1.165) is 0 Å². The molecule has 0 amide bonds. The lowest BCUT2D eigenvalue weighted by molar-refractivity contribution is -0.147. The van der Waals surface area contributed by atoms with E-state index in [0.29, 0.717) is 17.3 Å². The second kappa shape index (κ2) is 24.5. The molecular formula is C24H64O2. The first-order valence-corrected chi connectivity index (χ1v) is 7.86. The topological polar surface area (TPSA) is 37.3 Å². The SMILES string of the molecule is C.C.C.C.C.C.CCC(C)(C)C.CCC(C)(C)C.CCC(C)(C)C(=O)O. The molecule has 0 aliphatic heterocycles. The Balaban J connectivity index is -0.0000000216. The number of carbonyl (C=O) groups is 1. The van der Waals surface area contributed by atoms with Crippen LogP contribution in [0.4, 0.5) is 0 Å². The van der Waals surface area contributed by atoms with Gasteiger partial charge in [0.15, 0.2) is 0 Å². The van der Waals surface area contributed by atoms with Crippen LogP contribution >= 0.6 is 0 Å². The van der Waals surface area contributed by atoms with Crippen LogP contribution in [-0.2, 0) is 4.79 Å². The van der Waals surface area contributed by atoms with Gasteiger partial charge in [-0.05, 0) is 31.1 Å². The van der Waals surface area contributed by atoms with Crippen LogP contribution in [0.3, 0.4) is 0 Å². The van der Waals surface area contributed by atoms with Crippen LogP contribution in [0.15, 0.2) is 0 Å². The van der Waals surface area contributed by atoms with E-state index in [2.05, 4.69) is 55.4 Å². The molecule has 0 aliphatic rings. The third kappa shape index (κ3) is 56.6. The van der Waals surface area contributed by atoms with Crippen LogP contribution in [-0.4, -0.2) is 11.1 Å². The quantitative estimate of drug-likeness (QED) is 0.514. The highest BCUT2D eigenvalue weighted by Gasteiger charge is 2.23. The third-order valence-corrected chi connectivity index (χ3v) is 3.58. The summed E-state index contributed by atoms with van der Waals surface area (Å²) in [5.74, 6) is -0.722. The zero-order chi connectivity index (χ0) is 17.2.